The number of carboxylic acid groups (broad SMARTS) is 1. The Morgan fingerprint density at radius 2 is 1.82 bits per heavy atom. The molecule has 0 fully saturated rings. The Hall–Kier alpha value is -2.03. The van der Waals surface area contributed by atoms with E-state index in [0.29, 0.717) is 0 Å². The summed E-state index contributed by atoms with van der Waals surface area (Å²) in [6, 6.07) is 11.3. The van der Waals surface area contributed by atoms with Crippen LogP contribution in [0.5, 0.6) is 5.75 Å². The normalized spacial score (nSPS) is 12.4. The molecule has 0 amide bonds. The lowest BCUT2D eigenvalue weighted by Gasteiger charge is -2.12. The maximum atomic E-state index is 11.1. The fourth-order valence-corrected chi connectivity index (χ4v) is 1.99. The summed E-state index contributed by atoms with van der Waals surface area (Å²) in [4.78, 5) is 11.1. The third-order valence-corrected chi connectivity index (χ3v) is 2.97. The number of benzene rings is 2. The van der Waals surface area contributed by atoms with Crippen molar-refractivity contribution in [3.8, 4) is 5.75 Å². The maximum absolute atomic E-state index is 11.1. The second-order valence-electron chi connectivity index (χ2n) is 3.96. The molecule has 2 aromatic carbocycles. The van der Waals surface area contributed by atoms with Gasteiger partial charge < -0.3 is 9.84 Å². The van der Waals surface area contributed by atoms with Crippen LogP contribution in [0.25, 0.3) is 10.8 Å². The molecule has 0 aromatic heterocycles. The van der Waals surface area contributed by atoms with E-state index in [-0.39, 0.29) is 0 Å². The second kappa shape index (κ2) is 4.45. The molecule has 0 saturated carbocycles. The van der Waals surface area contributed by atoms with E-state index >= 15 is 0 Å². The smallest absolute Gasteiger partial charge is 0.310 e. The summed E-state index contributed by atoms with van der Waals surface area (Å²) in [6.07, 6.45) is 0. The molecule has 88 valence electrons. The molecular weight excluding hydrogens is 216 g/mol. The molecule has 3 heteroatoms. The minimum absolute atomic E-state index is 0.522. The largest absolute Gasteiger partial charge is 0.496 e. The maximum Gasteiger partial charge on any atom is 0.310 e. The number of carboxylic acids is 1. The molecule has 1 atom stereocenters. The molecule has 0 aliphatic heterocycles. The molecule has 1 N–H and O–H groups in total. The Balaban J connectivity index is 2.70. The number of methoxy groups -OCH3 is 1. The summed E-state index contributed by atoms with van der Waals surface area (Å²) in [7, 11) is 1.61. The third kappa shape index (κ3) is 1.96. The Bertz CT molecular complexity index is 560. The highest BCUT2D eigenvalue weighted by atomic mass is 16.5. The summed E-state index contributed by atoms with van der Waals surface area (Å²) in [5.74, 6) is -0.576. The zero-order chi connectivity index (χ0) is 12.4. The van der Waals surface area contributed by atoms with Gasteiger partial charge in [0.15, 0.2) is 0 Å². The highest BCUT2D eigenvalue weighted by molar-refractivity contribution is 5.94. The van der Waals surface area contributed by atoms with Crippen LogP contribution in [0.15, 0.2) is 36.4 Å². The van der Waals surface area contributed by atoms with Gasteiger partial charge in [-0.05, 0) is 23.9 Å². The van der Waals surface area contributed by atoms with Crippen molar-refractivity contribution in [3.05, 3.63) is 42.0 Å². The van der Waals surface area contributed by atoms with Crippen molar-refractivity contribution in [2.75, 3.05) is 7.11 Å². The SMILES string of the molecule is COc1cccc2c(C(C)C(=O)O)cccc12. The van der Waals surface area contributed by atoms with E-state index < -0.39 is 11.9 Å². The lowest BCUT2D eigenvalue weighted by molar-refractivity contribution is -0.138. The van der Waals surface area contributed by atoms with Crippen LogP contribution in [0, 0.1) is 0 Å². The molecule has 17 heavy (non-hydrogen) atoms. The van der Waals surface area contributed by atoms with Crippen molar-refractivity contribution in [2.24, 2.45) is 0 Å². The molecule has 1 unspecified atom stereocenters. The topological polar surface area (TPSA) is 46.5 Å². The molecule has 2 rings (SSSR count). The predicted octanol–water partition coefficient (Wildman–Crippen LogP) is 3.04. The number of hydrogen-bond donors (Lipinski definition) is 1. The summed E-state index contributed by atoms with van der Waals surface area (Å²) in [6.45, 7) is 1.69. The number of aliphatic carboxylic acids is 1. The van der Waals surface area contributed by atoms with E-state index in [1.165, 1.54) is 0 Å². The van der Waals surface area contributed by atoms with Crippen LogP contribution >= 0.6 is 0 Å². The van der Waals surface area contributed by atoms with Crippen LogP contribution in [-0.2, 0) is 4.79 Å². The molecule has 3 nitrogen and oxygen atoms in total. The van der Waals surface area contributed by atoms with E-state index in [4.69, 9.17) is 9.84 Å². The number of rotatable bonds is 3. The fraction of sp³-hybridized carbons (Fsp3) is 0.214. The average molecular weight is 230 g/mol. The van der Waals surface area contributed by atoms with E-state index in [0.717, 1.165) is 22.1 Å². The zero-order valence-electron chi connectivity index (χ0n) is 9.81. The van der Waals surface area contributed by atoms with E-state index in [2.05, 4.69) is 0 Å². The number of ether oxygens (including phenoxy) is 1. The molecule has 0 bridgehead atoms. The third-order valence-electron chi connectivity index (χ3n) is 2.97. The van der Waals surface area contributed by atoms with Gasteiger partial charge in [-0.1, -0.05) is 30.3 Å². The summed E-state index contributed by atoms with van der Waals surface area (Å²) < 4.78 is 5.28. The van der Waals surface area contributed by atoms with Gasteiger partial charge in [0.2, 0.25) is 0 Å². The van der Waals surface area contributed by atoms with Crippen LogP contribution in [0.4, 0.5) is 0 Å². The van der Waals surface area contributed by atoms with Gasteiger partial charge in [-0.15, -0.1) is 0 Å². The molecular formula is C14H14O3. The molecule has 0 heterocycles. The lowest BCUT2D eigenvalue weighted by Crippen LogP contribution is -2.07. The van der Waals surface area contributed by atoms with Crippen molar-refractivity contribution < 1.29 is 14.6 Å². The molecule has 2 aromatic rings. The van der Waals surface area contributed by atoms with Gasteiger partial charge in [0, 0.05) is 5.39 Å². The molecule has 0 radical (unpaired) electrons. The van der Waals surface area contributed by atoms with Crippen LogP contribution in [0.2, 0.25) is 0 Å². The van der Waals surface area contributed by atoms with Crippen molar-refractivity contribution in [1.82, 2.24) is 0 Å². The van der Waals surface area contributed by atoms with Crippen molar-refractivity contribution in [1.29, 1.82) is 0 Å². The first-order valence-electron chi connectivity index (χ1n) is 5.43. The first-order valence-corrected chi connectivity index (χ1v) is 5.43. The van der Waals surface area contributed by atoms with E-state index in [9.17, 15) is 4.79 Å². The van der Waals surface area contributed by atoms with Gasteiger partial charge in [0.25, 0.3) is 0 Å². The summed E-state index contributed by atoms with van der Waals surface area (Å²) in [5.41, 5.74) is 0.814. The van der Waals surface area contributed by atoms with Crippen molar-refractivity contribution in [2.45, 2.75) is 12.8 Å². The van der Waals surface area contributed by atoms with Crippen molar-refractivity contribution >= 4 is 16.7 Å². The Morgan fingerprint density at radius 3 is 2.47 bits per heavy atom. The van der Waals surface area contributed by atoms with Gasteiger partial charge in [-0.25, -0.2) is 0 Å². The van der Waals surface area contributed by atoms with E-state index in [1.54, 1.807) is 14.0 Å². The Kier molecular flexibility index (Phi) is 3.00. The van der Waals surface area contributed by atoms with Gasteiger partial charge in [0.05, 0.1) is 13.0 Å². The van der Waals surface area contributed by atoms with Gasteiger partial charge >= 0.3 is 5.97 Å². The molecule has 0 saturated heterocycles. The number of fused-ring (bicyclic) bond motifs is 1. The minimum atomic E-state index is -0.819. The molecule has 0 aliphatic carbocycles. The van der Waals surface area contributed by atoms with Crippen LogP contribution in [-0.4, -0.2) is 18.2 Å². The fourth-order valence-electron chi connectivity index (χ4n) is 1.99. The Labute approximate surface area is 99.6 Å². The second-order valence-corrected chi connectivity index (χ2v) is 3.96. The van der Waals surface area contributed by atoms with Crippen LogP contribution in [0.3, 0.4) is 0 Å². The summed E-state index contributed by atoms with van der Waals surface area (Å²) >= 11 is 0. The average Bonchev–Trinajstić information content (AvgIpc) is 2.36. The standard InChI is InChI=1S/C14H14O3/c1-9(14(15)16)10-5-3-7-12-11(10)6-4-8-13(12)17-2/h3-9H,1-2H3,(H,15,16). The predicted molar refractivity (Wildman–Crippen MR) is 66.6 cm³/mol. The van der Waals surface area contributed by atoms with E-state index in [1.807, 2.05) is 36.4 Å². The van der Waals surface area contributed by atoms with Crippen molar-refractivity contribution in [3.63, 3.8) is 0 Å². The highest BCUT2D eigenvalue weighted by Crippen LogP contribution is 2.31. The molecule has 0 aliphatic rings. The van der Waals surface area contributed by atoms with Crippen LogP contribution < -0.4 is 4.74 Å². The Morgan fingerprint density at radius 1 is 1.18 bits per heavy atom. The zero-order valence-corrected chi connectivity index (χ0v) is 9.81. The van der Waals surface area contributed by atoms with Gasteiger partial charge in [0.1, 0.15) is 5.75 Å². The highest BCUT2D eigenvalue weighted by Gasteiger charge is 2.16. The first kappa shape index (κ1) is 11.5. The number of carbonyl (C=O) groups is 1. The molecule has 0 spiro atoms. The van der Waals surface area contributed by atoms with Gasteiger partial charge in [-0.2, -0.15) is 0 Å². The minimum Gasteiger partial charge on any atom is -0.496 e. The summed E-state index contributed by atoms with van der Waals surface area (Å²) in [5, 5.41) is 11.0. The quantitative estimate of drug-likeness (QED) is 0.881. The van der Waals surface area contributed by atoms with Crippen LogP contribution in [0.1, 0.15) is 18.4 Å². The first-order chi connectivity index (χ1) is 8.15. The monoisotopic (exact) mass is 230 g/mol. The lowest BCUT2D eigenvalue weighted by atomic mass is 9.94. The number of hydrogen-bond acceptors (Lipinski definition) is 2. The van der Waals surface area contributed by atoms with Gasteiger partial charge in [-0.3, -0.25) is 4.79 Å².